The van der Waals surface area contributed by atoms with Crippen molar-refractivity contribution < 1.29 is 27.5 Å². The normalized spacial score (nSPS) is 23.5. The number of rotatable bonds is 9. The monoisotopic (exact) mass is 390 g/mol. The molecule has 0 spiro atoms. The number of carbonyl (C=O) groups excluding carboxylic acids is 2. The predicted molar refractivity (Wildman–Crippen MR) is 97.9 cm³/mol. The second kappa shape index (κ2) is 10.0. The average molecular weight is 391 g/mol. The molecule has 0 bridgehead atoms. The van der Waals surface area contributed by atoms with Gasteiger partial charge in [0.15, 0.2) is 0 Å². The van der Waals surface area contributed by atoms with E-state index >= 15 is 0 Å². The molecule has 0 saturated carbocycles. The molecule has 1 rings (SSSR count). The summed E-state index contributed by atoms with van der Waals surface area (Å²) < 4.78 is 37.2. The number of amides is 1. The Balaban J connectivity index is 3.25. The van der Waals surface area contributed by atoms with E-state index in [2.05, 4.69) is 10.0 Å². The van der Waals surface area contributed by atoms with Gasteiger partial charge in [0.25, 0.3) is 0 Å². The highest BCUT2D eigenvalue weighted by molar-refractivity contribution is 7.88. The van der Waals surface area contributed by atoms with E-state index in [-0.39, 0.29) is 25.0 Å². The number of hydrogen-bond donors (Lipinski definition) is 2. The molecule has 1 amide bonds. The van der Waals surface area contributed by atoms with Crippen LogP contribution in [0.4, 0.5) is 0 Å². The molecule has 0 aliphatic heterocycles. The van der Waals surface area contributed by atoms with Crippen LogP contribution in [-0.4, -0.2) is 57.4 Å². The third-order valence-electron chi connectivity index (χ3n) is 4.13. The van der Waals surface area contributed by atoms with Crippen LogP contribution in [0.2, 0.25) is 0 Å². The molecule has 0 aromatic rings. The van der Waals surface area contributed by atoms with E-state index in [0.29, 0.717) is 5.57 Å². The molecule has 0 heterocycles. The molecule has 1 aliphatic rings. The minimum Gasteiger partial charge on any atom is -0.463 e. The van der Waals surface area contributed by atoms with Crippen molar-refractivity contribution in [2.45, 2.75) is 71.2 Å². The van der Waals surface area contributed by atoms with Gasteiger partial charge in [0.2, 0.25) is 15.9 Å². The Bertz CT molecular complexity index is 627. The van der Waals surface area contributed by atoms with Crippen LogP contribution in [0.5, 0.6) is 0 Å². The molecular formula is C17H30N2O6S. The molecule has 150 valence electrons. The van der Waals surface area contributed by atoms with Gasteiger partial charge >= 0.3 is 5.97 Å². The fourth-order valence-corrected chi connectivity index (χ4v) is 3.75. The van der Waals surface area contributed by atoms with Gasteiger partial charge in [-0.1, -0.05) is 13.8 Å². The Morgan fingerprint density at radius 1 is 1.27 bits per heavy atom. The fraction of sp³-hybridized carbons (Fsp3) is 0.765. The van der Waals surface area contributed by atoms with E-state index in [1.807, 2.05) is 13.8 Å². The molecule has 0 fully saturated rings. The van der Waals surface area contributed by atoms with Gasteiger partial charge in [-0.3, -0.25) is 4.79 Å². The summed E-state index contributed by atoms with van der Waals surface area (Å²) in [7, 11) is -3.55. The van der Waals surface area contributed by atoms with E-state index in [4.69, 9.17) is 9.47 Å². The van der Waals surface area contributed by atoms with Crippen molar-refractivity contribution in [2.24, 2.45) is 0 Å². The smallest absolute Gasteiger partial charge is 0.333 e. The second-order valence-corrected chi connectivity index (χ2v) is 8.16. The maximum atomic E-state index is 12.2. The lowest BCUT2D eigenvalue weighted by Crippen LogP contribution is -2.59. The number of ether oxygens (including phenoxy) is 2. The molecule has 9 heteroatoms. The van der Waals surface area contributed by atoms with Crippen LogP contribution in [0, 0.1) is 0 Å². The molecule has 26 heavy (non-hydrogen) atoms. The molecule has 3 atom stereocenters. The lowest BCUT2D eigenvalue weighted by Gasteiger charge is -2.38. The first-order valence-corrected chi connectivity index (χ1v) is 10.8. The van der Waals surface area contributed by atoms with E-state index in [1.54, 1.807) is 13.0 Å². The van der Waals surface area contributed by atoms with Crippen molar-refractivity contribution in [3.05, 3.63) is 11.6 Å². The summed E-state index contributed by atoms with van der Waals surface area (Å²) >= 11 is 0. The summed E-state index contributed by atoms with van der Waals surface area (Å²) in [5.41, 5.74) is 0.338. The second-order valence-electron chi connectivity index (χ2n) is 6.38. The summed E-state index contributed by atoms with van der Waals surface area (Å²) in [5, 5.41) is 2.76. The maximum Gasteiger partial charge on any atom is 0.333 e. The van der Waals surface area contributed by atoms with E-state index in [1.165, 1.54) is 6.92 Å². The third kappa shape index (κ3) is 7.05. The SMILES string of the molecule is CCOC(=O)C1=CC(OC(CC)CC)C(NC(C)=O)C(NS(C)(=O)=O)C1. The summed E-state index contributed by atoms with van der Waals surface area (Å²) in [6.07, 6.45) is 3.58. The van der Waals surface area contributed by atoms with Crippen molar-refractivity contribution >= 4 is 21.9 Å². The van der Waals surface area contributed by atoms with E-state index < -0.39 is 34.2 Å². The molecular weight excluding hydrogens is 360 g/mol. The zero-order chi connectivity index (χ0) is 19.9. The molecule has 1 aliphatic carbocycles. The molecule has 0 radical (unpaired) electrons. The number of carbonyl (C=O) groups is 2. The first kappa shape index (κ1) is 22.6. The number of hydrogen-bond acceptors (Lipinski definition) is 6. The van der Waals surface area contributed by atoms with Gasteiger partial charge in [0, 0.05) is 18.5 Å². The Morgan fingerprint density at radius 3 is 2.35 bits per heavy atom. The van der Waals surface area contributed by atoms with Crippen LogP contribution < -0.4 is 10.0 Å². The zero-order valence-corrected chi connectivity index (χ0v) is 16.9. The summed E-state index contributed by atoms with van der Waals surface area (Å²) in [5.74, 6) is -0.811. The van der Waals surface area contributed by atoms with Gasteiger partial charge in [0.05, 0.1) is 31.1 Å². The molecule has 2 N–H and O–H groups in total. The Labute approximate surface area is 155 Å². The van der Waals surface area contributed by atoms with Gasteiger partial charge in [0.1, 0.15) is 0 Å². The molecule has 0 aromatic carbocycles. The molecule has 3 unspecified atom stereocenters. The van der Waals surface area contributed by atoms with Crippen LogP contribution >= 0.6 is 0 Å². The maximum absolute atomic E-state index is 12.2. The fourth-order valence-electron chi connectivity index (χ4n) is 2.97. The molecule has 0 aromatic heterocycles. The van der Waals surface area contributed by atoms with Gasteiger partial charge in [-0.05, 0) is 32.3 Å². The summed E-state index contributed by atoms with van der Waals surface area (Å²) in [6, 6.07) is -1.33. The number of sulfonamides is 1. The highest BCUT2D eigenvalue weighted by Crippen LogP contribution is 2.25. The summed E-state index contributed by atoms with van der Waals surface area (Å²) in [4.78, 5) is 23.9. The van der Waals surface area contributed by atoms with Crippen LogP contribution in [0.1, 0.15) is 47.0 Å². The first-order valence-electron chi connectivity index (χ1n) is 8.88. The van der Waals surface area contributed by atoms with Crippen molar-refractivity contribution in [3.8, 4) is 0 Å². The Hall–Kier alpha value is -1.45. The van der Waals surface area contributed by atoms with Crippen LogP contribution in [0.15, 0.2) is 11.6 Å². The first-order chi connectivity index (χ1) is 12.1. The topological polar surface area (TPSA) is 111 Å². The number of esters is 1. The highest BCUT2D eigenvalue weighted by Gasteiger charge is 2.39. The highest BCUT2D eigenvalue weighted by atomic mass is 32.2. The third-order valence-corrected chi connectivity index (χ3v) is 4.86. The lowest BCUT2D eigenvalue weighted by molar-refractivity contribution is -0.139. The van der Waals surface area contributed by atoms with Crippen molar-refractivity contribution in [1.82, 2.24) is 10.0 Å². The van der Waals surface area contributed by atoms with Gasteiger partial charge < -0.3 is 14.8 Å². The van der Waals surface area contributed by atoms with Gasteiger partial charge in [-0.15, -0.1) is 0 Å². The standard InChI is InChI=1S/C17H30N2O6S/c1-6-13(7-2)25-15-10-12(17(21)24-8-3)9-14(19-26(5,22)23)16(15)18-11(4)20/h10,13-16,19H,6-9H2,1-5H3,(H,18,20). The van der Waals surface area contributed by atoms with Crippen molar-refractivity contribution in [1.29, 1.82) is 0 Å². The van der Waals surface area contributed by atoms with Gasteiger partial charge in [-0.25, -0.2) is 17.9 Å². The lowest BCUT2D eigenvalue weighted by atomic mass is 9.88. The molecule has 0 saturated heterocycles. The zero-order valence-electron chi connectivity index (χ0n) is 16.1. The van der Waals surface area contributed by atoms with Crippen LogP contribution in [-0.2, 0) is 29.1 Å². The quantitative estimate of drug-likeness (QED) is 0.565. The minimum absolute atomic E-state index is 0.0760. The van der Waals surface area contributed by atoms with Crippen LogP contribution in [0.3, 0.4) is 0 Å². The largest absolute Gasteiger partial charge is 0.463 e. The minimum atomic E-state index is -3.55. The summed E-state index contributed by atoms with van der Waals surface area (Å²) in [6.45, 7) is 7.23. The van der Waals surface area contributed by atoms with Crippen LogP contribution in [0.25, 0.3) is 0 Å². The predicted octanol–water partition coefficient (Wildman–Crippen LogP) is 0.876. The van der Waals surface area contributed by atoms with E-state index in [9.17, 15) is 18.0 Å². The average Bonchev–Trinajstić information content (AvgIpc) is 2.53. The van der Waals surface area contributed by atoms with Crippen molar-refractivity contribution in [3.63, 3.8) is 0 Å². The molecule has 8 nitrogen and oxygen atoms in total. The number of nitrogens with one attached hydrogen (secondary N) is 2. The van der Waals surface area contributed by atoms with E-state index in [0.717, 1.165) is 19.1 Å². The van der Waals surface area contributed by atoms with Gasteiger partial charge in [-0.2, -0.15) is 0 Å². The Kier molecular flexibility index (Phi) is 8.72. The van der Waals surface area contributed by atoms with Crippen molar-refractivity contribution in [2.75, 3.05) is 12.9 Å². The Morgan fingerprint density at radius 2 is 1.88 bits per heavy atom.